The standard InChI is InChI=1S/C11H17N3O2S/c1-9-6-11(10(7-12)8-13-9)14-2-4-17(15,16)5-3-14/h6,8H,2-5,7,12H2,1H3. The molecule has 0 unspecified atom stereocenters. The van der Waals surface area contributed by atoms with E-state index >= 15 is 0 Å². The molecule has 1 aliphatic heterocycles. The molecule has 0 aliphatic carbocycles. The number of anilines is 1. The molecule has 0 aromatic carbocycles. The molecule has 6 heteroatoms. The van der Waals surface area contributed by atoms with E-state index in [1.54, 1.807) is 6.20 Å². The van der Waals surface area contributed by atoms with Crippen LogP contribution in [-0.2, 0) is 16.4 Å². The third-order valence-corrected chi connectivity index (χ3v) is 4.61. The Labute approximate surface area is 102 Å². The highest BCUT2D eigenvalue weighted by Crippen LogP contribution is 2.22. The van der Waals surface area contributed by atoms with Gasteiger partial charge in [-0.2, -0.15) is 0 Å². The van der Waals surface area contributed by atoms with Crippen molar-refractivity contribution in [1.29, 1.82) is 0 Å². The van der Waals surface area contributed by atoms with E-state index in [9.17, 15) is 8.42 Å². The Morgan fingerprint density at radius 1 is 1.41 bits per heavy atom. The molecule has 0 amide bonds. The largest absolute Gasteiger partial charge is 0.369 e. The third kappa shape index (κ3) is 2.76. The van der Waals surface area contributed by atoms with Crippen molar-refractivity contribution in [2.45, 2.75) is 13.5 Å². The summed E-state index contributed by atoms with van der Waals surface area (Å²) in [7, 11) is -2.84. The Kier molecular flexibility index (Phi) is 3.35. The Bertz CT molecular complexity index is 499. The van der Waals surface area contributed by atoms with Crippen LogP contribution < -0.4 is 10.6 Å². The van der Waals surface area contributed by atoms with Crippen LogP contribution >= 0.6 is 0 Å². The molecule has 0 radical (unpaired) electrons. The third-order valence-electron chi connectivity index (χ3n) is 3.00. The average Bonchev–Trinajstić information content (AvgIpc) is 2.29. The van der Waals surface area contributed by atoms with Crippen LogP contribution in [0.4, 0.5) is 5.69 Å². The highest BCUT2D eigenvalue weighted by atomic mass is 32.2. The molecule has 0 spiro atoms. The summed E-state index contributed by atoms with van der Waals surface area (Å²) in [5.41, 5.74) is 8.59. The van der Waals surface area contributed by atoms with Gasteiger partial charge in [0.05, 0.1) is 11.5 Å². The van der Waals surface area contributed by atoms with Crippen LogP contribution in [0.5, 0.6) is 0 Å². The predicted octanol–water partition coefficient (Wildman–Crippen LogP) is 0.0835. The Morgan fingerprint density at radius 2 is 2.06 bits per heavy atom. The first-order chi connectivity index (χ1) is 8.02. The predicted molar refractivity (Wildman–Crippen MR) is 67.7 cm³/mol. The molecule has 17 heavy (non-hydrogen) atoms. The van der Waals surface area contributed by atoms with Crippen molar-refractivity contribution < 1.29 is 8.42 Å². The van der Waals surface area contributed by atoms with Gasteiger partial charge in [-0.1, -0.05) is 0 Å². The van der Waals surface area contributed by atoms with Crippen molar-refractivity contribution in [2.75, 3.05) is 29.5 Å². The lowest BCUT2D eigenvalue weighted by Crippen LogP contribution is -2.40. The molecule has 1 aromatic rings. The minimum absolute atomic E-state index is 0.221. The Morgan fingerprint density at radius 3 is 2.65 bits per heavy atom. The van der Waals surface area contributed by atoms with Crippen molar-refractivity contribution in [3.05, 3.63) is 23.5 Å². The molecular formula is C11H17N3O2S. The quantitative estimate of drug-likeness (QED) is 0.810. The minimum atomic E-state index is -2.84. The second-order valence-corrected chi connectivity index (χ2v) is 6.60. The maximum atomic E-state index is 11.4. The number of sulfone groups is 1. The van der Waals surface area contributed by atoms with Crippen molar-refractivity contribution in [3.8, 4) is 0 Å². The van der Waals surface area contributed by atoms with Crippen molar-refractivity contribution >= 4 is 15.5 Å². The van der Waals surface area contributed by atoms with E-state index in [-0.39, 0.29) is 11.5 Å². The molecule has 2 heterocycles. The van der Waals surface area contributed by atoms with Gasteiger partial charge in [0.1, 0.15) is 0 Å². The summed E-state index contributed by atoms with van der Waals surface area (Å²) < 4.78 is 22.8. The molecule has 0 saturated carbocycles. The first kappa shape index (κ1) is 12.3. The van der Waals surface area contributed by atoms with E-state index in [0.29, 0.717) is 19.6 Å². The normalized spacial score (nSPS) is 19.3. The van der Waals surface area contributed by atoms with Gasteiger partial charge in [-0.15, -0.1) is 0 Å². The van der Waals surface area contributed by atoms with Gasteiger partial charge < -0.3 is 10.6 Å². The first-order valence-corrected chi connectivity index (χ1v) is 7.45. The Hall–Kier alpha value is -1.14. The summed E-state index contributed by atoms with van der Waals surface area (Å²) >= 11 is 0. The number of aryl methyl sites for hydroxylation is 1. The van der Waals surface area contributed by atoms with Gasteiger partial charge in [0.15, 0.2) is 9.84 Å². The fourth-order valence-electron chi connectivity index (χ4n) is 1.98. The van der Waals surface area contributed by atoms with Crippen LogP contribution in [0.3, 0.4) is 0 Å². The smallest absolute Gasteiger partial charge is 0.153 e. The highest BCUT2D eigenvalue weighted by Gasteiger charge is 2.23. The van der Waals surface area contributed by atoms with Gasteiger partial charge in [-0.05, 0) is 13.0 Å². The van der Waals surface area contributed by atoms with Crippen molar-refractivity contribution in [3.63, 3.8) is 0 Å². The molecule has 1 aliphatic rings. The van der Waals surface area contributed by atoms with E-state index in [2.05, 4.69) is 9.88 Å². The van der Waals surface area contributed by atoms with Gasteiger partial charge in [-0.25, -0.2) is 8.42 Å². The molecule has 0 bridgehead atoms. The monoisotopic (exact) mass is 255 g/mol. The molecule has 1 fully saturated rings. The zero-order valence-electron chi connectivity index (χ0n) is 9.89. The zero-order valence-corrected chi connectivity index (χ0v) is 10.7. The molecule has 1 aromatic heterocycles. The zero-order chi connectivity index (χ0) is 12.5. The number of rotatable bonds is 2. The lowest BCUT2D eigenvalue weighted by molar-refractivity contribution is 0.586. The van der Waals surface area contributed by atoms with Gasteiger partial charge >= 0.3 is 0 Å². The number of nitrogens with two attached hydrogens (primary N) is 1. The summed E-state index contributed by atoms with van der Waals surface area (Å²) in [5, 5.41) is 0. The van der Waals surface area contributed by atoms with Crippen molar-refractivity contribution in [1.82, 2.24) is 4.98 Å². The summed E-state index contributed by atoms with van der Waals surface area (Å²) in [5.74, 6) is 0.441. The van der Waals surface area contributed by atoms with Crippen molar-refractivity contribution in [2.24, 2.45) is 5.73 Å². The molecule has 5 nitrogen and oxygen atoms in total. The van der Waals surface area contributed by atoms with Gasteiger partial charge in [0, 0.05) is 42.8 Å². The van der Waals surface area contributed by atoms with Crippen LogP contribution in [0, 0.1) is 6.92 Å². The van der Waals surface area contributed by atoms with E-state index in [0.717, 1.165) is 16.9 Å². The molecule has 2 N–H and O–H groups in total. The first-order valence-electron chi connectivity index (χ1n) is 5.63. The molecule has 94 valence electrons. The van der Waals surface area contributed by atoms with Gasteiger partial charge in [0.2, 0.25) is 0 Å². The summed E-state index contributed by atoms with van der Waals surface area (Å²) in [6.07, 6.45) is 1.77. The van der Waals surface area contributed by atoms with Crippen LogP contribution in [-0.4, -0.2) is 38.0 Å². The average molecular weight is 255 g/mol. The lowest BCUT2D eigenvalue weighted by Gasteiger charge is -2.30. The maximum Gasteiger partial charge on any atom is 0.153 e. The SMILES string of the molecule is Cc1cc(N2CCS(=O)(=O)CC2)c(CN)cn1. The van der Waals surface area contributed by atoms with Crippen LogP contribution in [0.25, 0.3) is 0 Å². The number of hydrogen-bond donors (Lipinski definition) is 1. The van der Waals surface area contributed by atoms with Gasteiger partial charge in [-0.3, -0.25) is 4.98 Å². The fraction of sp³-hybridized carbons (Fsp3) is 0.545. The van der Waals surface area contributed by atoms with E-state index in [1.165, 1.54) is 0 Å². The molecule has 2 rings (SSSR count). The van der Waals surface area contributed by atoms with Crippen LogP contribution in [0.2, 0.25) is 0 Å². The molecule has 0 atom stereocenters. The van der Waals surface area contributed by atoms with E-state index < -0.39 is 9.84 Å². The summed E-state index contributed by atoms with van der Waals surface area (Å²) in [4.78, 5) is 6.29. The Balaban J connectivity index is 2.26. The van der Waals surface area contributed by atoms with Crippen LogP contribution in [0.15, 0.2) is 12.3 Å². The second-order valence-electron chi connectivity index (χ2n) is 4.30. The maximum absolute atomic E-state index is 11.4. The minimum Gasteiger partial charge on any atom is -0.369 e. The lowest BCUT2D eigenvalue weighted by atomic mass is 10.2. The van der Waals surface area contributed by atoms with E-state index in [4.69, 9.17) is 5.73 Å². The number of nitrogens with zero attached hydrogens (tertiary/aromatic N) is 2. The number of aromatic nitrogens is 1. The second kappa shape index (κ2) is 4.62. The van der Waals surface area contributed by atoms with Gasteiger partial charge in [0.25, 0.3) is 0 Å². The highest BCUT2D eigenvalue weighted by molar-refractivity contribution is 7.91. The molecule has 1 saturated heterocycles. The number of hydrogen-bond acceptors (Lipinski definition) is 5. The summed E-state index contributed by atoms with van der Waals surface area (Å²) in [6, 6.07) is 1.97. The number of pyridine rings is 1. The molecular weight excluding hydrogens is 238 g/mol. The topological polar surface area (TPSA) is 76.3 Å². The summed E-state index contributed by atoms with van der Waals surface area (Å²) in [6.45, 7) is 3.42. The van der Waals surface area contributed by atoms with Crippen LogP contribution in [0.1, 0.15) is 11.3 Å². The fourth-order valence-corrected chi connectivity index (χ4v) is 3.18. The van der Waals surface area contributed by atoms with E-state index in [1.807, 2.05) is 13.0 Å².